The zero-order chi connectivity index (χ0) is 12.9. The zero-order valence-corrected chi connectivity index (χ0v) is 11.9. The molecule has 1 rings (SSSR count). The van der Waals surface area contributed by atoms with Crippen LogP contribution in [-0.2, 0) is 0 Å². The zero-order valence-electron chi connectivity index (χ0n) is 11.9. The van der Waals surface area contributed by atoms with Crippen LogP contribution in [0.1, 0.15) is 66.2 Å². The molecule has 1 aliphatic carbocycles. The molecule has 0 saturated heterocycles. The van der Waals surface area contributed by atoms with Gasteiger partial charge in [-0.2, -0.15) is 5.26 Å². The molecule has 2 nitrogen and oxygen atoms in total. The topological polar surface area (TPSA) is 35.8 Å². The van der Waals surface area contributed by atoms with Crippen molar-refractivity contribution in [3.05, 3.63) is 0 Å². The van der Waals surface area contributed by atoms with Crippen molar-refractivity contribution in [3.8, 4) is 6.07 Å². The molecule has 0 bridgehead atoms. The number of nitrogens with one attached hydrogen (secondary N) is 1. The number of nitrogens with zero attached hydrogens (tertiary/aromatic N) is 1. The van der Waals surface area contributed by atoms with Gasteiger partial charge in [0, 0.05) is 6.04 Å². The van der Waals surface area contributed by atoms with Gasteiger partial charge < -0.3 is 0 Å². The van der Waals surface area contributed by atoms with Crippen molar-refractivity contribution in [2.45, 2.75) is 77.8 Å². The van der Waals surface area contributed by atoms with Crippen LogP contribution in [0, 0.1) is 23.2 Å². The van der Waals surface area contributed by atoms with Gasteiger partial charge in [-0.05, 0) is 44.4 Å². The Kier molecular flexibility index (Phi) is 5.46. The Labute approximate surface area is 107 Å². The standard InChI is InChI=1S/C15H28N2/c1-5-13(4)17-15(11-16)8-6-7-14(10-15)9-12(2)3/h12-14,17H,5-10H2,1-4H3. The van der Waals surface area contributed by atoms with Crippen molar-refractivity contribution in [1.29, 1.82) is 5.26 Å². The maximum atomic E-state index is 9.53. The van der Waals surface area contributed by atoms with Crippen LogP contribution in [0.25, 0.3) is 0 Å². The molecule has 1 aliphatic rings. The summed E-state index contributed by atoms with van der Waals surface area (Å²) in [5.41, 5.74) is -0.243. The highest BCUT2D eigenvalue weighted by Crippen LogP contribution is 2.35. The number of rotatable bonds is 5. The molecule has 17 heavy (non-hydrogen) atoms. The van der Waals surface area contributed by atoms with Gasteiger partial charge in [-0.15, -0.1) is 0 Å². The van der Waals surface area contributed by atoms with E-state index in [4.69, 9.17) is 0 Å². The van der Waals surface area contributed by atoms with E-state index in [9.17, 15) is 5.26 Å². The number of hydrogen-bond acceptors (Lipinski definition) is 2. The van der Waals surface area contributed by atoms with Crippen molar-refractivity contribution in [2.75, 3.05) is 0 Å². The minimum atomic E-state index is -0.243. The van der Waals surface area contributed by atoms with Crippen molar-refractivity contribution < 1.29 is 0 Å². The average molecular weight is 236 g/mol. The molecule has 0 aromatic carbocycles. The molecule has 3 unspecified atom stereocenters. The third-order valence-electron chi connectivity index (χ3n) is 4.01. The van der Waals surface area contributed by atoms with Crippen LogP contribution < -0.4 is 5.32 Å². The maximum absolute atomic E-state index is 9.53. The lowest BCUT2D eigenvalue weighted by atomic mass is 9.73. The van der Waals surface area contributed by atoms with E-state index in [-0.39, 0.29) is 5.54 Å². The molecule has 0 heterocycles. The Hall–Kier alpha value is -0.550. The van der Waals surface area contributed by atoms with Crippen LogP contribution >= 0.6 is 0 Å². The van der Waals surface area contributed by atoms with Crippen molar-refractivity contribution in [1.82, 2.24) is 5.32 Å². The molecule has 1 N–H and O–H groups in total. The molecule has 1 saturated carbocycles. The van der Waals surface area contributed by atoms with Gasteiger partial charge in [0.1, 0.15) is 5.54 Å². The Morgan fingerprint density at radius 3 is 2.65 bits per heavy atom. The number of nitriles is 1. The fourth-order valence-corrected chi connectivity index (χ4v) is 3.10. The van der Waals surface area contributed by atoms with E-state index in [2.05, 4.69) is 39.1 Å². The molecule has 0 aromatic heterocycles. The Morgan fingerprint density at radius 2 is 2.12 bits per heavy atom. The largest absolute Gasteiger partial charge is 0.297 e. The molecular weight excluding hydrogens is 208 g/mol. The summed E-state index contributed by atoms with van der Waals surface area (Å²) in [5.74, 6) is 1.48. The third kappa shape index (κ3) is 4.32. The Morgan fingerprint density at radius 1 is 1.41 bits per heavy atom. The highest BCUT2D eigenvalue weighted by atomic mass is 15.0. The molecule has 0 aliphatic heterocycles. The van der Waals surface area contributed by atoms with Crippen LogP contribution in [0.5, 0.6) is 0 Å². The van der Waals surface area contributed by atoms with Crippen LogP contribution in [0.15, 0.2) is 0 Å². The molecule has 98 valence electrons. The van der Waals surface area contributed by atoms with Gasteiger partial charge >= 0.3 is 0 Å². The van der Waals surface area contributed by atoms with E-state index >= 15 is 0 Å². The van der Waals surface area contributed by atoms with E-state index in [0.717, 1.165) is 31.1 Å². The summed E-state index contributed by atoms with van der Waals surface area (Å²) in [7, 11) is 0. The minimum Gasteiger partial charge on any atom is -0.297 e. The van der Waals surface area contributed by atoms with E-state index in [1.54, 1.807) is 0 Å². The lowest BCUT2D eigenvalue weighted by molar-refractivity contribution is 0.193. The fourth-order valence-electron chi connectivity index (χ4n) is 3.10. The number of hydrogen-bond donors (Lipinski definition) is 1. The molecular formula is C15H28N2. The van der Waals surface area contributed by atoms with Crippen molar-refractivity contribution >= 4 is 0 Å². The second-order valence-corrected chi connectivity index (χ2v) is 6.24. The monoisotopic (exact) mass is 236 g/mol. The summed E-state index contributed by atoms with van der Waals surface area (Å²) in [4.78, 5) is 0. The van der Waals surface area contributed by atoms with Gasteiger partial charge in [-0.25, -0.2) is 0 Å². The highest BCUT2D eigenvalue weighted by molar-refractivity contribution is 5.10. The van der Waals surface area contributed by atoms with Crippen LogP contribution in [0.4, 0.5) is 0 Å². The van der Waals surface area contributed by atoms with Crippen molar-refractivity contribution in [3.63, 3.8) is 0 Å². The minimum absolute atomic E-state index is 0.243. The van der Waals surface area contributed by atoms with E-state index in [1.807, 2.05) is 0 Å². The highest BCUT2D eigenvalue weighted by Gasteiger charge is 2.37. The summed E-state index contributed by atoms with van der Waals surface area (Å²) in [5, 5.41) is 13.1. The smallest absolute Gasteiger partial charge is 0.107 e. The van der Waals surface area contributed by atoms with E-state index in [1.165, 1.54) is 19.3 Å². The summed E-state index contributed by atoms with van der Waals surface area (Å²) < 4.78 is 0. The maximum Gasteiger partial charge on any atom is 0.107 e. The predicted molar refractivity (Wildman–Crippen MR) is 72.6 cm³/mol. The van der Waals surface area contributed by atoms with Crippen LogP contribution in [0.2, 0.25) is 0 Å². The van der Waals surface area contributed by atoms with E-state index < -0.39 is 0 Å². The van der Waals surface area contributed by atoms with Crippen LogP contribution in [-0.4, -0.2) is 11.6 Å². The quantitative estimate of drug-likeness (QED) is 0.786. The Balaban J connectivity index is 2.62. The molecule has 0 aromatic rings. The first-order valence-corrected chi connectivity index (χ1v) is 7.20. The molecule has 0 spiro atoms. The third-order valence-corrected chi connectivity index (χ3v) is 4.01. The van der Waals surface area contributed by atoms with Gasteiger partial charge in [-0.1, -0.05) is 33.6 Å². The van der Waals surface area contributed by atoms with Gasteiger partial charge in [0.25, 0.3) is 0 Å². The lowest BCUT2D eigenvalue weighted by Gasteiger charge is -2.39. The fraction of sp³-hybridized carbons (Fsp3) is 0.933. The summed E-state index contributed by atoms with van der Waals surface area (Å²) in [6, 6.07) is 3.03. The van der Waals surface area contributed by atoms with Gasteiger partial charge in [0.15, 0.2) is 0 Å². The Bertz CT molecular complexity index is 267. The predicted octanol–water partition coefficient (Wildman–Crippen LogP) is 3.87. The molecule has 0 amide bonds. The average Bonchev–Trinajstić information content (AvgIpc) is 2.28. The first kappa shape index (κ1) is 14.5. The van der Waals surface area contributed by atoms with Crippen LogP contribution in [0.3, 0.4) is 0 Å². The molecule has 3 atom stereocenters. The lowest BCUT2D eigenvalue weighted by Crippen LogP contribution is -2.51. The normalized spacial score (nSPS) is 31.2. The molecule has 2 heteroatoms. The second kappa shape index (κ2) is 6.40. The second-order valence-electron chi connectivity index (χ2n) is 6.24. The van der Waals surface area contributed by atoms with Gasteiger partial charge in [0.2, 0.25) is 0 Å². The summed E-state index contributed by atoms with van der Waals surface area (Å²) >= 11 is 0. The van der Waals surface area contributed by atoms with Gasteiger partial charge in [-0.3, -0.25) is 5.32 Å². The molecule has 1 fully saturated rings. The first-order chi connectivity index (χ1) is 8.01. The summed E-state index contributed by atoms with van der Waals surface area (Å²) in [6.07, 6.45) is 6.95. The van der Waals surface area contributed by atoms with Crippen molar-refractivity contribution in [2.24, 2.45) is 11.8 Å². The van der Waals surface area contributed by atoms with Gasteiger partial charge in [0.05, 0.1) is 6.07 Å². The van der Waals surface area contributed by atoms with E-state index in [0.29, 0.717) is 6.04 Å². The SMILES string of the molecule is CCC(C)NC1(C#N)CCCC(CC(C)C)C1. The summed E-state index contributed by atoms with van der Waals surface area (Å²) in [6.45, 7) is 8.93. The first-order valence-electron chi connectivity index (χ1n) is 7.20. The molecule has 0 radical (unpaired) electrons.